The first-order chi connectivity index (χ1) is 18.8. The Morgan fingerprint density at radius 2 is 1.90 bits per heavy atom. The fourth-order valence-electron chi connectivity index (χ4n) is 5.28. The van der Waals surface area contributed by atoms with Crippen molar-refractivity contribution in [2.75, 3.05) is 46.3 Å². The normalized spacial score (nSPS) is 19.8. The monoisotopic (exact) mass is 534 g/mol. The fourth-order valence-corrected chi connectivity index (χ4v) is 5.28. The smallest absolute Gasteiger partial charge is 0.260 e. The summed E-state index contributed by atoms with van der Waals surface area (Å²) in [5.41, 5.74) is -0.392. The van der Waals surface area contributed by atoms with Crippen LogP contribution in [0.4, 0.5) is 4.39 Å². The van der Waals surface area contributed by atoms with Crippen LogP contribution in [0.5, 0.6) is 0 Å². The van der Waals surface area contributed by atoms with Gasteiger partial charge in [-0.1, -0.05) is 43.0 Å². The number of likely N-dealkylation sites (N-methyl/N-ethyl adjacent to an activating group) is 1. The van der Waals surface area contributed by atoms with E-state index in [0.717, 1.165) is 41.9 Å². The lowest BCUT2D eigenvalue weighted by molar-refractivity contribution is -0.148. The maximum absolute atomic E-state index is 15.8. The highest BCUT2D eigenvalue weighted by Gasteiger charge is 2.44. The molecule has 3 N–H and O–H groups in total. The van der Waals surface area contributed by atoms with Gasteiger partial charge in [0, 0.05) is 81.1 Å². The Bertz CT molecular complexity index is 1220. The van der Waals surface area contributed by atoms with Crippen LogP contribution < -0.4 is 15.9 Å². The maximum Gasteiger partial charge on any atom is 0.260 e. The van der Waals surface area contributed by atoms with Crippen LogP contribution in [0.1, 0.15) is 44.3 Å². The first kappa shape index (κ1) is 30.2. The molecule has 2 aliphatic heterocycles. The number of rotatable bonds is 11. The van der Waals surface area contributed by atoms with E-state index in [2.05, 4.69) is 40.8 Å². The molecule has 2 fully saturated rings. The van der Waals surface area contributed by atoms with Crippen molar-refractivity contribution in [2.45, 2.75) is 44.3 Å². The molecule has 7 nitrogen and oxygen atoms in total. The molecule has 2 saturated heterocycles. The number of nitrogens with zero attached hydrogens (tertiary/aromatic N) is 3. The van der Waals surface area contributed by atoms with E-state index in [9.17, 15) is 4.79 Å². The van der Waals surface area contributed by atoms with Crippen molar-refractivity contribution >= 4 is 36.6 Å². The molecule has 0 saturated carbocycles. The van der Waals surface area contributed by atoms with Gasteiger partial charge in [0.2, 0.25) is 0 Å². The molecular weight excluding hydrogens is 491 g/mol. The molecule has 0 bridgehead atoms. The molecule has 1 aromatic rings. The van der Waals surface area contributed by atoms with E-state index in [1.807, 2.05) is 43.2 Å². The molecular formula is C31H43FN6O. The lowest BCUT2D eigenvalue weighted by atomic mass is 9.90. The van der Waals surface area contributed by atoms with Crippen molar-refractivity contribution in [2.24, 2.45) is 0 Å². The SMILES string of the molecule is C=c1/c(=C\C=C/C)cc(/C=C/C=C\CNC)n1C1CCN(C(=O)C2(F)CCN(CC(=N)/C=C\C=N)CC2)CC1. The number of nitrogens with one attached hydrogen (secondary N) is 3. The number of hydrogen-bond donors (Lipinski definition) is 3. The number of hydrogen-bond acceptors (Lipinski definition) is 5. The highest BCUT2D eigenvalue weighted by molar-refractivity contribution is 5.96. The Morgan fingerprint density at radius 3 is 2.54 bits per heavy atom. The molecule has 3 rings (SSSR count). The summed E-state index contributed by atoms with van der Waals surface area (Å²) in [4.78, 5) is 17.0. The quantitative estimate of drug-likeness (QED) is 0.301. The number of amides is 1. The van der Waals surface area contributed by atoms with Gasteiger partial charge in [-0.3, -0.25) is 9.69 Å². The van der Waals surface area contributed by atoms with Crippen LogP contribution in [0.3, 0.4) is 0 Å². The van der Waals surface area contributed by atoms with Crippen molar-refractivity contribution in [3.8, 4) is 0 Å². The van der Waals surface area contributed by atoms with Crippen molar-refractivity contribution in [1.29, 1.82) is 10.8 Å². The summed E-state index contributed by atoms with van der Waals surface area (Å²) in [5.74, 6) is -0.390. The van der Waals surface area contributed by atoms with E-state index in [0.29, 0.717) is 38.4 Å². The van der Waals surface area contributed by atoms with Gasteiger partial charge < -0.3 is 25.6 Å². The zero-order chi connectivity index (χ0) is 28.3. The van der Waals surface area contributed by atoms with Crippen LogP contribution >= 0.6 is 0 Å². The zero-order valence-corrected chi connectivity index (χ0v) is 23.3. The highest BCUT2D eigenvalue weighted by Crippen LogP contribution is 2.31. The molecule has 3 heterocycles. The maximum atomic E-state index is 15.8. The molecule has 0 spiro atoms. The van der Waals surface area contributed by atoms with E-state index in [4.69, 9.17) is 10.8 Å². The standard InChI is InChI=1S/C31H43FN6O/c1-4-5-10-26-23-29(12-7-6-8-18-35-3)38(25(26)2)28-13-19-37(20-14-28)30(39)31(32)15-21-36(22-16-31)24-27(34)11-9-17-33/h4-12,17,23,28,33-35H,2,13-16,18-22,24H2,1,3H3/b5-4-,8-6-,11-9-,12-7+,26-10-,33-17?,34-27?. The molecule has 8 heteroatoms. The van der Waals surface area contributed by atoms with Crippen molar-refractivity contribution in [1.82, 2.24) is 19.7 Å². The molecule has 0 aliphatic carbocycles. The lowest BCUT2D eigenvalue weighted by Gasteiger charge is -2.40. The van der Waals surface area contributed by atoms with Gasteiger partial charge in [-0.15, -0.1) is 0 Å². The predicted molar refractivity (Wildman–Crippen MR) is 161 cm³/mol. The van der Waals surface area contributed by atoms with Gasteiger partial charge in [0.05, 0.1) is 0 Å². The minimum Gasteiger partial charge on any atom is -0.340 e. The molecule has 39 heavy (non-hydrogen) atoms. The Kier molecular flexibility index (Phi) is 11.4. The fraction of sp³-hybridized carbons (Fsp3) is 0.452. The number of carbonyl (C=O) groups excluding carboxylic acids is 1. The molecule has 1 amide bonds. The van der Waals surface area contributed by atoms with Crippen molar-refractivity contribution < 1.29 is 9.18 Å². The number of allylic oxidation sites excluding steroid dienone is 5. The summed E-state index contributed by atoms with van der Waals surface area (Å²) in [6.45, 7) is 9.49. The number of carbonyl (C=O) groups is 1. The predicted octanol–water partition coefficient (Wildman–Crippen LogP) is 3.24. The van der Waals surface area contributed by atoms with Gasteiger partial charge in [0.25, 0.3) is 5.91 Å². The molecule has 0 unspecified atom stereocenters. The largest absolute Gasteiger partial charge is 0.340 e. The van der Waals surface area contributed by atoms with Crippen molar-refractivity contribution in [3.63, 3.8) is 0 Å². The average Bonchev–Trinajstić information content (AvgIpc) is 3.26. The van der Waals surface area contributed by atoms with Gasteiger partial charge in [-0.2, -0.15) is 0 Å². The second-order valence-corrected chi connectivity index (χ2v) is 10.2. The van der Waals surface area contributed by atoms with Gasteiger partial charge in [-0.05, 0) is 56.3 Å². The first-order valence-electron chi connectivity index (χ1n) is 13.8. The number of aromatic nitrogens is 1. The molecule has 0 aromatic carbocycles. The van der Waals surface area contributed by atoms with Crippen LogP contribution in [-0.2, 0) is 4.79 Å². The number of likely N-dealkylation sites (tertiary alicyclic amines) is 2. The molecule has 2 aliphatic rings. The van der Waals surface area contributed by atoms with Crippen LogP contribution in [0.2, 0.25) is 0 Å². The van der Waals surface area contributed by atoms with Crippen LogP contribution in [0.25, 0.3) is 18.7 Å². The van der Waals surface area contributed by atoms with Gasteiger partial charge in [0.1, 0.15) is 0 Å². The second kappa shape index (κ2) is 14.7. The highest BCUT2D eigenvalue weighted by atomic mass is 19.1. The Hall–Kier alpha value is -3.36. The van der Waals surface area contributed by atoms with Crippen molar-refractivity contribution in [3.05, 3.63) is 64.9 Å². The van der Waals surface area contributed by atoms with E-state index in [-0.39, 0.29) is 18.9 Å². The lowest BCUT2D eigenvalue weighted by Crippen LogP contribution is -2.54. The number of piperidine rings is 2. The minimum atomic E-state index is -1.84. The summed E-state index contributed by atoms with van der Waals surface area (Å²) in [5, 5.41) is 20.1. The number of halogens is 1. The summed E-state index contributed by atoms with van der Waals surface area (Å²) in [6, 6.07) is 2.33. The summed E-state index contributed by atoms with van der Waals surface area (Å²) in [7, 11) is 1.91. The molecule has 210 valence electrons. The zero-order valence-electron chi connectivity index (χ0n) is 23.3. The molecule has 0 atom stereocenters. The molecule has 0 radical (unpaired) electrons. The van der Waals surface area contributed by atoms with E-state index in [1.54, 1.807) is 11.0 Å². The third kappa shape index (κ3) is 8.07. The number of alkyl halides is 1. The van der Waals surface area contributed by atoms with E-state index < -0.39 is 11.6 Å². The van der Waals surface area contributed by atoms with Gasteiger partial charge >= 0.3 is 0 Å². The average molecular weight is 535 g/mol. The third-order valence-corrected chi connectivity index (χ3v) is 7.45. The minimum absolute atomic E-state index is 0.147. The van der Waals surface area contributed by atoms with Crippen LogP contribution in [0.15, 0.2) is 48.6 Å². The Balaban J connectivity index is 1.65. The second-order valence-electron chi connectivity index (χ2n) is 10.2. The molecule has 1 aromatic heterocycles. The van der Waals surface area contributed by atoms with Crippen LogP contribution in [-0.4, -0.2) is 84.2 Å². The summed E-state index contributed by atoms with van der Waals surface area (Å²) >= 11 is 0. The first-order valence-corrected chi connectivity index (χ1v) is 13.8. The van der Waals surface area contributed by atoms with E-state index in [1.165, 1.54) is 6.08 Å². The Labute approximate surface area is 231 Å². The third-order valence-electron chi connectivity index (χ3n) is 7.45. The van der Waals surface area contributed by atoms with E-state index >= 15 is 4.39 Å². The summed E-state index contributed by atoms with van der Waals surface area (Å²) < 4.78 is 18.1. The van der Waals surface area contributed by atoms with Crippen LogP contribution in [0, 0.1) is 10.8 Å². The Morgan fingerprint density at radius 1 is 1.18 bits per heavy atom. The van der Waals surface area contributed by atoms with Gasteiger partial charge in [-0.25, -0.2) is 4.39 Å². The van der Waals surface area contributed by atoms with Gasteiger partial charge in [0.15, 0.2) is 5.67 Å². The topological polar surface area (TPSA) is 88.2 Å². The summed E-state index contributed by atoms with van der Waals surface area (Å²) in [6.07, 6.45) is 20.3.